The number of hydrogen-bond donors (Lipinski definition) is 3. The first-order valence-corrected chi connectivity index (χ1v) is 21.9. The number of amides is 4. The Morgan fingerprint density at radius 2 is 1.62 bits per heavy atom. The van der Waals surface area contributed by atoms with Crippen molar-refractivity contribution >= 4 is 45.6 Å². The van der Waals surface area contributed by atoms with E-state index in [0.717, 1.165) is 42.4 Å². The molecule has 2 bridgehead atoms. The molecule has 3 fully saturated rings. The molecule has 2 aromatic carbocycles. The number of benzene rings is 2. The summed E-state index contributed by atoms with van der Waals surface area (Å²) in [6.45, 7) is 9.25. The summed E-state index contributed by atoms with van der Waals surface area (Å²) in [6, 6.07) is 16.0. The number of carbonyl (C=O) groups is 4. The Hall–Kier alpha value is -4.10. The summed E-state index contributed by atoms with van der Waals surface area (Å²) in [5.74, 6) is -1.75. The van der Waals surface area contributed by atoms with Crippen molar-refractivity contribution < 1.29 is 32.7 Å². The third-order valence-electron chi connectivity index (χ3n) is 11.4. The van der Waals surface area contributed by atoms with Crippen molar-refractivity contribution in [2.24, 2.45) is 5.92 Å². The van der Waals surface area contributed by atoms with E-state index in [2.05, 4.69) is 28.8 Å². The van der Waals surface area contributed by atoms with Gasteiger partial charge in [-0.2, -0.15) is 0 Å². The SMILES string of the molecule is C=C[C@@H]1C[C@]1(NC(=O)[C@@H]1C[C@@]2(c3ccc(-c4ccccc4)cc3)CN1C(=O)[C@@H](N(C(=O)O)C(C)(C)C)CCCCCC/C=C/CS2)C(=O)NS(=O)(=O)C1CC1. The molecule has 0 aromatic heterocycles. The van der Waals surface area contributed by atoms with Crippen LogP contribution >= 0.6 is 11.8 Å². The lowest BCUT2D eigenvalue weighted by atomic mass is 9.93. The van der Waals surface area contributed by atoms with E-state index >= 15 is 4.79 Å². The molecule has 13 heteroatoms. The third kappa shape index (κ3) is 8.83. The first-order chi connectivity index (χ1) is 26.1. The molecule has 2 aliphatic heterocycles. The van der Waals surface area contributed by atoms with Crippen LogP contribution in [0.4, 0.5) is 4.79 Å². The minimum Gasteiger partial charge on any atom is -0.465 e. The fourth-order valence-corrected chi connectivity index (χ4v) is 10.9. The van der Waals surface area contributed by atoms with E-state index < -0.39 is 72.9 Å². The van der Waals surface area contributed by atoms with Gasteiger partial charge in [0, 0.05) is 23.8 Å². The zero-order chi connectivity index (χ0) is 39.6. The molecule has 2 saturated carbocycles. The Bertz CT molecular complexity index is 1910. The van der Waals surface area contributed by atoms with E-state index in [1.54, 1.807) is 32.5 Å². The molecule has 5 atom stereocenters. The highest BCUT2D eigenvalue weighted by Gasteiger charge is 2.62. The predicted molar refractivity (Wildman–Crippen MR) is 216 cm³/mol. The number of carboxylic acid groups (broad SMARTS) is 1. The fraction of sp³-hybridized carbons (Fsp3) is 0.524. The van der Waals surface area contributed by atoms with E-state index in [1.165, 1.54) is 15.9 Å². The summed E-state index contributed by atoms with van der Waals surface area (Å²) >= 11 is 1.64. The molecular weight excluding hydrogens is 737 g/mol. The molecule has 1 saturated heterocycles. The molecule has 0 spiro atoms. The minimum atomic E-state index is -3.90. The average molecular weight is 791 g/mol. The summed E-state index contributed by atoms with van der Waals surface area (Å²) in [5.41, 5.74) is 0.531. The maximum absolute atomic E-state index is 15.1. The van der Waals surface area contributed by atoms with E-state index in [0.29, 0.717) is 31.4 Å². The monoisotopic (exact) mass is 790 g/mol. The van der Waals surface area contributed by atoms with Crippen LogP contribution < -0.4 is 10.0 Å². The number of nitrogens with one attached hydrogen (secondary N) is 2. The number of carbonyl (C=O) groups excluding carboxylic acids is 3. The van der Waals surface area contributed by atoms with Gasteiger partial charge in [0.05, 0.1) is 10.00 Å². The number of sulfonamides is 1. The minimum absolute atomic E-state index is 0.126. The van der Waals surface area contributed by atoms with Crippen molar-refractivity contribution in [2.75, 3.05) is 12.3 Å². The predicted octanol–water partition coefficient (Wildman–Crippen LogP) is 6.61. The first-order valence-electron chi connectivity index (χ1n) is 19.4. The second-order valence-electron chi connectivity index (χ2n) is 16.4. The maximum atomic E-state index is 15.1. The van der Waals surface area contributed by atoms with Gasteiger partial charge in [0.1, 0.15) is 17.6 Å². The molecule has 11 nitrogen and oxygen atoms in total. The van der Waals surface area contributed by atoms with Gasteiger partial charge in [-0.1, -0.05) is 92.1 Å². The first kappa shape index (κ1) is 40.6. The standard InChI is InChI=1S/C42H54N4O7S2/c1-5-31-26-42(31,38(49)44-55(52,53)33-23-24-33)43-36(47)35-27-41(32-21-19-30(20-22-32)29-16-12-11-13-17-29)28-45(35)37(48)34(46(39(50)51)40(2,3)4)18-14-9-7-6-8-10-15-25-54-41/h5,10-13,15-17,19-22,31,33-35H,1,6-9,14,18,23-28H2,2-4H3,(H,43,47)(H,44,49)(H,50,51)/b15-10+/t31-,34+,35+,41+,42-/m1/s1. The third-order valence-corrected chi connectivity index (χ3v) is 14.7. The Morgan fingerprint density at radius 1 is 0.945 bits per heavy atom. The van der Waals surface area contributed by atoms with Crippen LogP contribution in [0.5, 0.6) is 0 Å². The molecule has 4 aliphatic rings. The quantitative estimate of drug-likeness (QED) is 0.240. The lowest BCUT2D eigenvalue weighted by molar-refractivity contribution is -0.144. The number of allylic oxidation sites excluding steroid dienone is 1. The number of thioether (sulfide) groups is 1. The Labute approximate surface area is 329 Å². The van der Waals surface area contributed by atoms with Crippen LogP contribution in [-0.4, -0.2) is 87.8 Å². The average Bonchev–Trinajstić information content (AvgIpc) is 4.08. The number of hydrogen-bond acceptors (Lipinski definition) is 7. The molecule has 2 aromatic rings. The Kier molecular flexibility index (Phi) is 11.9. The highest BCUT2D eigenvalue weighted by atomic mass is 32.2. The van der Waals surface area contributed by atoms with Crippen LogP contribution in [0.2, 0.25) is 0 Å². The normalized spacial score (nSPS) is 28.2. The van der Waals surface area contributed by atoms with E-state index in [1.807, 2.05) is 54.6 Å². The molecule has 2 aliphatic carbocycles. The van der Waals surface area contributed by atoms with E-state index in [9.17, 15) is 27.9 Å². The lowest BCUT2D eigenvalue weighted by Crippen LogP contribution is -2.60. The fourth-order valence-electron chi connectivity index (χ4n) is 8.14. The summed E-state index contributed by atoms with van der Waals surface area (Å²) in [6.07, 6.45) is 10.5. The molecule has 3 N–H and O–H groups in total. The van der Waals surface area contributed by atoms with Crippen molar-refractivity contribution in [3.63, 3.8) is 0 Å². The number of rotatable bonds is 9. The van der Waals surface area contributed by atoms with Crippen molar-refractivity contribution in [3.8, 4) is 11.1 Å². The van der Waals surface area contributed by atoms with Gasteiger partial charge in [0.15, 0.2) is 0 Å². The molecule has 55 heavy (non-hydrogen) atoms. The van der Waals surface area contributed by atoms with Crippen LogP contribution in [0.25, 0.3) is 11.1 Å². The summed E-state index contributed by atoms with van der Waals surface area (Å²) in [7, 11) is -3.90. The van der Waals surface area contributed by atoms with Crippen LogP contribution in [0.1, 0.15) is 90.5 Å². The molecular formula is C42H54N4O7S2. The van der Waals surface area contributed by atoms with Crippen LogP contribution in [-0.2, 0) is 29.2 Å². The van der Waals surface area contributed by atoms with Gasteiger partial charge in [0.25, 0.3) is 5.91 Å². The molecule has 0 unspecified atom stereocenters. The summed E-state index contributed by atoms with van der Waals surface area (Å²) < 4.78 is 27.1. The molecule has 6 rings (SSSR count). The summed E-state index contributed by atoms with van der Waals surface area (Å²) in [4.78, 5) is 59.2. The Morgan fingerprint density at radius 3 is 2.24 bits per heavy atom. The highest BCUT2D eigenvalue weighted by molar-refractivity contribution is 8.00. The smallest absolute Gasteiger partial charge is 0.408 e. The zero-order valence-electron chi connectivity index (χ0n) is 32.0. The molecule has 4 amide bonds. The molecule has 296 valence electrons. The molecule has 2 heterocycles. The van der Waals surface area contributed by atoms with Crippen LogP contribution in [0.15, 0.2) is 79.4 Å². The van der Waals surface area contributed by atoms with Crippen molar-refractivity contribution in [1.82, 2.24) is 19.8 Å². The topological polar surface area (TPSA) is 153 Å². The van der Waals surface area contributed by atoms with Crippen molar-refractivity contribution in [2.45, 2.75) is 118 Å². The highest BCUT2D eigenvalue weighted by Crippen LogP contribution is 2.50. The second-order valence-corrected chi connectivity index (χ2v) is 19.8. The van der Waals surface area contributed by atoms with Gasteiger partial charge in [-0.3, -0.25) is 24.0 Å². The van der Waals surface area contributed by atoms with E-state index in [4.69, 9.17) is 0 Å². The van der Waals surface area contributed by atoms with Crippen LogP contribution in [0.3, 0.4) is 0 Å². The van der Waals surface area contributed by atoms with Gasteiger partial charge in [-0.05, 0) is 82.4 Å². The van der Waals surface area contributed by atoms with E-state index in [-0.39, 0.29) is 19.4 Å². The van der Waals surface area contributed by atoms with Gasteiger partial charge in [-0.25, -0.2) is 13.2 Å². The molecule has 0 radical (unpaired) electrons. The van der Waals surface area contributed by atoms with Gasteiger partial charge < -0.3 is 15.3 Å². The number of nitrogens with zero attached hydrogens (tertiary/aromatic N) is 2. The van der Waals surface area contributed by atoms with Gasteiger partial charge in [-0.15, -0.1) is 18.3 Å². The summed E-state index contributed by atoms with van der Waals surface area (Å²) in [5, 5.41) is 12.8. The van der Waals surface area contributed by atoms with Gasteiger partial charge >= 0.3 is 6.09 Å². The maximum Gasteiger partial charge on any atom is 0.408 e. The number of fused-ring (bicyclic) bond motifs is 2. The lowest BCUT2D eigenvalue weighted by Gasteiger charge is -2.41. The zero-order valence-corrected chi connectivity index (χ0v) is 33.7. The second kappa shape index (κ2) is 16.2. The van der Waals surface area contributed by atoms with Crippen LogP contribution in [0, 0.1) is 5.92 Å². The van der Waals surface area contributed by atoms with Crippen molar-refractivity contribution in [1.29, 1.82) is 0 Å². The van der Waals surface area contributed by atoms with Gasteiger partial charge in [0.2, 0.25) is 21.8 Å². The largest absolute Gasteiger partial charge is 0.465 e. The van der Waals surface area contributed by atoms with Crippen molar-refractivity contribution in [3.05, 3.63) is 85.0 Å². The Balaban J connectivity index is 1.41.